The van der Waals surface area contributed by atoms with Crippen LogP contribution in [-0.4, -0.2) is 35.8 Å². The molecule has 3 heterocycles. The van der Waals surface area contributed by atoms with Crippen LogP contribution in [0.4, 0.5) is 5.69 Å². The second-order valence-corrected chi connectivity index (χ2v) is 8.16. The maximum atomic E-state index is 13.4. The second-order valence-electron chi connectivity index (χ2n) is 7.21. The highest BCUT2D eigenvalue weighted by atomic mass is 32.1. The SMILES string of the molecule is Cc1ccc2c(c1)CCCN2C(=O)C1CCCCN1C(=O)c1cccs1. The molecule has 1 saturated heterocycles. The lowest BCUT2D eigenvalue weighted by molar-refractivity contribution is -0.124. The van der Waals surface area contributed by atoms with E-state index in [1.165, 1.54) is 22.5 Å². The summed E-state index contributed by atoms with van der Waals surface area (Å²) in [4.78, 5) is 30.8. The number of likely N-dealkylation sites (tertiary alicyclic amines) is 1. The van der Waals surface area contributed by atoms with Gasteiger partial charge in [-0.25, -0.2) is 0 Å². The summed E-state index contributed by atoms with van der Waals surface area (Å²) in [6.07, 6.45) is 4.72. The quantitative estimate of drug-likeness (QED) is 0.803. The molecular weight excluding hydrogens is 344 g/mol. The highest BCUT2D eigenvalue weighted by molar-refractivity contribution is 7.12. The second kappa shape index (κ2) is 7.23. The Morgan fingerprint density at radius 1 is 1.12 bits per heavy atom. The molecule has 136 valence electrons. The van der Waals surface area contributed by atoms with Crippen molar-refractivity contribution in [3.8, 4) is 0 Å². The van der Waals surface area contributed by atoms with Crippen LogP contribution in [0.25, 0.3) is 0 Å². The van der Waals surface area contributed by atoms with Gasteiger partial charge in [-0.15, -0.1) is 11.3 Å². The van der Waals surface area contributed by atoms with Crippen molar-refractivity contribution < 1.29 is 9.59 Å². The minimum absolute atomic E-state index is 0.000751. The molecule has 2 aliphatic heterocycles. The van der Waals surface area contributed by atoms with Gasteiger partial charge in [0, 0.05) is 18.8 Å². The number of benzene rings is 1. The molecule has 0 aliphatic carbocycles. The average Bonchev–Trinajstić information content (AvgIpc) is 3.21. The van der Waals surface area contributed by atoms with Gasteiger partial charge in [0.05, 0.1) is 4.88 Å². The number of aryl methyl sites for hydroxylation is 2. The number of piperidine rings is 1. The lowest BCUT2D eigenvalue weighted by Crippen LogP contribution is -2.54. The molecule has 2 aliphatic rings. The summed E-state index contributed by atoms with van der Waals surface area (Å²) in [6, 6.07) is 9.72. The Morgan fingerprint density at radius 2 is 2.00 bits per heavy atom. The van der Waals surface area contributed by atoms with Gasteiger partial charge in [-0.1, -0.05) is 23.8 Å². The number of nitrogens with zero attached hydrogens (tertiary/aromatic N) is 2. The van der Waals surface area contributed by atoms with E-state index < -0.39 is 0 Å². The van der Waals surface area contributed by atoms with E-state index in [1.807, 2.05) is 22.4 Å². The topological polar surface area (TPSA) is 40.6 Å². The number of thiophene rings is 1. The molecule has 5 heteroatoms. The van der Waals surface area contributed by atoms with Crippen molar-refractivity contribution >= 4 is 28.8 Å². The van der Waals surface area contributed by atoms with Gasteiger partial charge in [0.15, 0.2) is 0 Å². The van der Waals surface area contributed by atoms with E-state index in [0.717, 1.165) is 49.2 Å². The first-order valence-electron chi connectivity index (χ1n) is 9.40. The zero-order valence-electron chi connectivity index (χ0n) is 15.1. The highest BCUT2D eigenvalue weighted by Gasteiger charge is 2.37. The Kier molecular flexibility index (Phi) is 4.81. The van der Waals surface area contributed by atoms with Gasteiger partial charge in [0.1, 0.15) is 6.04 Å². The highest BCUT2D eigenvalue weighted by Crippen LogP contribution is 2.31. The Labute approximate surface area is 158 Å². The van der Waals surface area contributed by atoms with Crippen LogP contribution in [0.1, 0.15) is 46.5 Å². The summed E-state index contributed by atoms with van der Waals surface area (Å²) in [5.74, 6) is 0.0820. The maximum absolute atomic E-state index is 13.4. The minimum Gasteiger partial charge on any atom is -0.326 e. The van der Waals surface area contributed by atoms with Crippen LogP contribution in [0.15, 0.2) is 35.7 Å². The Hall–Kier alpha value is -2.14. The van der Waals surface area contributed by atoms with Gasteiger partial charge in [-0.3, -0.25) is 9.59 Å². The third kappa shape index (κ3) is 3.16. The van der Waals surface area contributed by atoms with Crippen molar-refractivity contribution in [1.29, 1.82) is 0 Å². The third-order valence-electron chi connectivity index (χ3n) is 5.40. The van der Waals surface area contributed by atoms with Crippen LogP contribution < -0.4 is 4.90 Å². The molecule has 1 unspecified atom stereocenters. The van der Waals surface area contributed by atoms with E-state index >= 15 is 0 Å². The van der Waals surface area contributed by atoms with Gasteiger partial charge in [-0.2, -0.15) is 0 Å². The molecule has 1 fully saturated rings. The number of carbonyl (C=O) groups is 2. The van der Waals surface area contributed by atoms with Gasteiger partial charge < -0.3 is 9.80 Å². The molecule has 4 nitrogen and oxygen atoms in total. The molecule has 4 rings (SSSR count). The van der Waals surface area contributed by atoms with Crippen molar-refractivity contribution in [2.24, 2.45) is 0 Å². The number of hydrogen-bond acceptors (Lipinski definition) is 3. The molecule has 0 N–H and O–H groups in total. The zero-order chi connectivity index (χ0) is 18.1. The molecular formula is C21H24N2O2S. The van der Waals surface area contributed by atoms with Crippen molar-refractivity contribution in [3.05, 3.63) is 51.7 Å². The summed E-state index contributed by atoms with van der Waals surface area (Å²) < 4.78 is 0. The van der Waals surface area contributed by atoms with Crippen molar-refractivity contribution in [3.63, 3.8) is 0 Å². The summed E-state index contributed by atoms with van der Waals surface area (Å²) in [5.41, 5.74) is 3.50. The predicted octanol–water partition coefficient (Wildman–Crippen LogP) is 4.03. The zero-order valence-corrected chi connectivity index (χ0v) is 15.9. The molecule has 1 aromatic carbocycles. The number of fused-ring (bicyclic) bond motifs is 1. The van der Waals surface area contributed by atoms with Crippen LogP contribution >= 0.6 is 11.3 Å². The smallest absolute Gasteiger partial charge is 0.264 e. The Bertz CT molecular complexity index is 815. The summed E-state index contributed by atoms with van der Waals surface area (Å²) in [5, 5.41) is 1.91. The number of hydrogen-bond donors (Lipinski definition) is 0. The van der Waals surface area contributed by atoms with E-state index in [9.17, 15) is 9.59 Å². The molecule has 0 bridgehead atoms. The molecule has 1 aromatic heterocycles. The largest absolute Gasteiger partial charge is 0.326 e. The van der Waals surface area contributed by atoms with Crippen LogP contribution in [0.2, 0.25) is 0 Å². The predicted molar refractivity (Wildman–Crippen MR) is 105 cm³/mol. The fraction of sp³-hybridized carbons (Fsp3) is 0.429. The lowest BCUT2D eigenvalue weighted by atomic mass is 9.96. The first-order chi connectivity index (χ1) is 12.6. The third-order valence-corrected chi connectivity index (χ3v) is 6.26. The molecule has 0 spiro atoms. The normalized spacial score (nSPS) is 20.0. The number of anilines is 1. The minimum atomic E-state index is -0.342. The van der Waals surface area contributed by atoms with Gasteiger partial charge in [-0.05, 0) is 62.1 Å². The van der Waals surface area contributed by atoms with Gasteiger partial charge in [0.25, 0.3) is 5.91 Å². The van der Waals surface area contributed by atoms with E-state index in [-0.39, 0.29) is 17.9 Å². The van der Waals surface area contributed by atoms with Crippen molar-refractivity contribution in [2.75, 3.05) is 18.0 Å². The first kappa shape index (κ1) is 17.3. The number of rotatable bonds is 2. The molecule has 26 heavy (non-hydrogen) atoms. The van der Waals surface area contributed by atoms with Crippen LogP contribution in [0, 0.1) is 6.92 Å². The van der Waals surface area contributed by atoms with E-state index in [2.05, 4.69) is 25.1 Å². The first-order valence-corrected chi connectivity index (χ1v) is 10.3. The lowest BCUT2D eigenvalue weighted by Gasteiger charge is -2.39. The number of carbonyl (C=O) groups excluding carboxylic acids is 2. The fourth-order valence-electron chi connectivity index (χ4n) is 4.11. The van der Waals surface area contributed by atoms with E-state index in [1.54, 1.807) is 4.90 Å². The summed E-state index contributed by atoms with van der Waals surface area (Å²) in [7, 11) is 0. The molecule has 0 saturated carbocycles. The Morgan fingerprint density at radius 3 is 2.81 bits per heavy atom. The van der Waals surface area contributed by atoms with Crippen LogP contribution in [0.5, 0.6) is 0 Å². The molecule has 2 amide bonds. The van der Waals surface area contributed by atoms with Crippen molar-refractivity contribution in [1.82, 2.24) is 4.90 Å². The standard InChI is InChI=1S/C21H24N2O2S/c1-15-9-10-17-16(14-15)6-4-12-22(17)20(24)18-7-2-3-11-23(18)21(25)19-8-5-13-26-19/h5,8-10,13-14,18H,2-4,6-7,11-12H2,1H3. The average molecular weight is 369 g/mol. The summed E-state index contributed by atoms with van der Waals surface area (Å²) in [6.45, 7) is 3.50. The fourth-order valence-corrected chi connectivity index (χ4v) is 4.79. The monoisotopic (exact) mass is 368 g/mol. The maximum Gasteiger partial charge on any atom is 0.264 e. The molecule has 0 radical (unpaired) electrons. The van der Waals surface area contributed by atoms with Gasteiger partial charge >= 0.3 is 0 Å². The molecule has 2 aromatic rings. The Balaban J connectivity index is 1.61. The van der Waals surface area contributed by atoms with Gasteiger partial charge in [0.2, 0.25) is 5.91 Å². The molecule has 1 atom stereocenters. The summed E-state index contributed by atoms with van der Waals surface area (Å²) >= 11 is 1.45. The van der Waals surface area contributed by atoms with E-state index in [4.69, 9.17) is 0 Å². The van der Waals surface area contributed by atoms with E-state index in [0.29, 0.717) is 6.54 Å². The van der Waals surface area contributed by atoms with Crippen molar-refractivity contribution in [2.45, 2.75) is 45.1 Å². The van der Waals surface area contributed by atoms with Crippen LogP contribution in [0.3, 0.4) is 0 Å². The van der Waals surface area contributed by atoms with Crippen LogP contribution in [-0.2, 0) is 11.2 Å². The number of amides is 2.